The first-order valence-electron chi connectivity index (χ1n) is 17.9. The van der Waals surface area contributed by atoms with Gasteiger partial charge < -0.3 is 39.8 Å². The number of nitrogens with one attached hydrogen (secondary N) is 2. The van der Waals surface area contributed by atoms with Gasteiger partial charge in [0, 0.05) is 38.8 Å². The van der Waals surface area contributed by atoms with Crippen LogP contribution in [0.3, 0.4) is 0 Å². The lowest BCUT2D eigenvalue weighted by Crippen LogP contribution is -2.69. The van der Waals surface area contributed by atoms with E-state index in [0.29, 0.717) is 12.8 Å². The van der Waals surface area contributed by atoms with Crippen molar-refractivity contribution < 1.29 is 48.4 Å². The summed E-state index contributed by atoms with van der Waals surface area (Å²) in [5, 5.41) is 25.2. The van der Waals surface area contributed by atoms with Crippen LogP contribution < -0.4 is 10.6 Å². The molecule has 1 aromatic rings. The van der Waals surface area contributed by atoms with Crippen LogP contribution in [-0.4, -0.2) is 102 Å². The molecule has 1 aromatic carbocycles. The predicted molar refractivity (Wildman–Crippen MR) is 178 cm³/mol. The minimum Gasteiger partial charge on any atom is -0.499 e. The van der Waals surface area contributed by atoms with Gasteiger partial charge in [0.2, 0.25) is 11.8 Å². The summed E-state index contributed by atoms with van der Waals surface area (Å²) in [7, 11) is 0. The molecule has 5 rings (SSSR count). The summed E-state index contributed by atoms with van der Waals surface area (Å²) in [4.78, 5) is 47.4. The standard InChI is InChI=1S/C36H53N3O10/c1-3-5-9-15-35(16-10-6-4-2)47-29-27-23-36(34(44)38-17-13-28(42)37-18-19-40)31(33(43)46-27)39(49-32(36)30(29)48-35)24-26-12-8-7-11-25(26)14-21-45-22-20-41/h7-8,11-12,14,21,27,29-32,40-41H,3-6,9-10,13,15-20,22-24H2,1-2H3,(H,37,42)(H,38,44)/t27-,29+,30+,31+,32-,36+/m1/s1. The Kier molecular flexibility index (Phi) is 13.1. The molecule has 0 unspecified atom stereocenters. The van der Waals surface area contributed by atoms with E-state index in [1.54, 1.807) is 11.1 Å². The highest BCUT2D eigenvalue weighted by atomic mass is 16.8. The van der Waals surface area contributed by atoms with Crippen LogP contribution >= 0.6 is 0 Å². The number of hydrogen-bond donors (Lipinski definition) is 4. The number of hydroxylamine groups is 2. The SMILES string of the molecule is CCCCCC1(CCCCC)O[C@@H]2[C@H](O1)[C@H]1ON(Cc3ccccc3C=COCCO)[C@H]3C(=O)O[C@@H]2C[C@@]13C(=O)NCCC(=O)NCCO. The molecule has 3 saturated heterocycles. The molecule has 0 radical (unpaired) electrons. The van der Waals surface area contributed by atoms with Gasteiger partial charge in [-0.25, -0.2) is 0 Å². The smallest absolute Gasteiger partial charge is 0.327 e. The number of aliphatic hydroxyl groups excluding tert-OH is 2. The molecule has 2 bridgehead atoms. The van der Waals surface area contributed by atoms with Crippen molar-refractivity contribution in [3.8, 4) is 0 Å². The van der Waals surface area contributed by atoms with E-state index in [9.17, 15) is 14.4 Å². The summed E-state index contributed by atoms with van der Waals surface area (Å²) in [6.07, 6.45) is 8.06. The fourth-order valence-corrected chi connectivity index (χ4v) is 7.69. The van der Waals surface area contributed by atoms with Gasteiger partial charge in [-0.2, -0.15) is 5.06 Å². The number of esters is 1. The summed E-state index contributed by atoms with van der Waals surface area (Å²) in [5.74, 6) is -2.14. The third-order valence-electron chi connectivity index (χ3n) is 10.0. The Hall–Kier alpha value is -3.07. The molecule has 0 spiro atoms. The van der Waals surface area contributed by atoms with E-state index in [-0.39, 0.29) is 58.2 Å². The van der Waals surface area contributed by atoms with Gasteiger partial charge in [-0.15, -0.1) is 0 Å². The third-order valence-corrected chi connectivity index (χ3v) is 10.0. The van der Waals surface area contributed by atoms with Crippen molar-refractivity contribution in [3.63, 3.8) is 0 Å². The number of nitrogens with zero attached hydrogens (tertiary/aromatic N) is 1. The summed E-state index contributed by atoms with van der Waals surface area (Å²) < 4.78 is 25.2. The lowest BCUT2D eigenvalue weighted by atomic mass is 9.62. The number of aliphatic hydroxyl groups is 2. The number of unbranched alkanes of at least 4 members (excludes halogenated alkanes) is 4. The highest BCUT2D eigenvalue weighted by Crippen LogP contribution is 2.58. The maximum atomic E-state index is 14.4. The number of carbonyl (C=O) groups is 3. The number of benzene rings is 1. The average molecular weight is 688 g/mol. The van der Waals surface area contributed by atoms with Gasteiger partial charge in [-0.3, -0.25) is 19.2 Å². The van der Waals surface area contributed by atoms with Crippen LogP contribution in [0.2, 0.25) is 0 Å². The molecule has 13 heteroatoms. The van der Waals surface area contributed by atoms with Crippen molar-refractivity contribution in [1.82, 2.24) is 15.7 Å². The van der Waals surface area contributed by atoms with E-state index < -0.39 is 53.5 Å². The molecule has 1 aliphatic carbocycles. The molecule has 3 aliphatic heterocycles. The topological polar surface area (TPSA) is 165 Å². The number of fused-ring (bicyclic) bond motifs is 4. The first-order chi connectivity index (χ1) is 23.8. The van der Waals surface area contributed by atoms with Crippen molar-refractivity contribution in [2.75, 3.05) is 32.9 Å². The van der Waals surface area contributed by atoms with E-state index >= 15 is 0 Å². The van der Waals surface area contributed by atoms with Crippen molar-refractivity contribution in [2.24, 2.45) is 5.41 Å². The van der Waals surface area contributed by atoms with Crippen LogP contribution in [0.1, 0.15) is 89.2 Å². The fraction of sp³-hybridized carbons (Fsp3) is 0.694. The zero-order valence-corrected chi connectivity index (χ0v) is 28.8. The minimum absolute atomic E-state index is 0.0112. The Bertz CT molecular complexity index is 1300. The van der Waals surface area contributed by atoms with Crippen LogP contribution in [0, 0.1) is 5.41 Å². The molecule has 49 heavy (non-hydrogen) atoms. The van der Waals surface area contributed by atoms with Gasteiger partial charge in [0.15, 0.2) is 11.8 Å². The van der Waals surface area contributed by atoms with Crippen LogP contribution in [0.4, 0.5) is 0 Å². The molecular formula is C36H53N3O10. The third kappa shape index (κ3) is 8.13. The summed E-state index contributed by atoms with van der Waals surface area (Å²) in [6.45, 7) is 4.51. The van der Waals surface area contributed by atoms with E-state index in [1.165, 1.54) is 6.26 Å². The van der Waals surface area contributed by atoms with E-state index in [4.69, 9.17) is 34.0 Å². The Labute approximate surface area is 288 Å². The molecule has 0 aromatic heterocycles. The van der Waals surface area contributed by atoms with Gasteiger partial charge in [0.05, 0.1) is 26.0 Å². The summed E-state index contributed by atoms with van der Waals surface area (Å²) >= 11 is 0. The Morgan fingerprint density at radius 1 is 1.00 bits per heavy atom. The molecule has 13 nitrogen and oxygen atoms in total. The van der Waals surface area contributed by atoms with Gasteiger partial charge in [-0.05, 0) is 30.0 Å². The second kappa shape index (κ2) is 17.2. The molecule has 3 heterocycles. The van der Waals surface area contributed by atoms with Crippen molar-refractivity contribution in [2.45, 2.75) is 121 Å². The van der Waals surface area contributed by atoms with E-state index in [2.05, 4.69) is 24.5 Å². The Morgan fingerprint density at radius 2 is 1.73 bits per heavy atom. The van der Waals surface area contributed by atoms with Crippen molar-refractivity contribution in [1.29, 1.82) is 0 Å². The van der Waals surface area contributed by atoms with Crippen LogP contribution in [0.25, 0.3) is 6.08 Å². The number of rotatable bonds is 20. The zero-order chi connectivity index (χ0) is 34.9. The second-order valence-corrected chi connectivity index (χ2v) is 13.4. The normalized spacial score (nSPS) is 28.3. The van der Waals surface area contributed by atoms with Crippen LogP contribution in [0.15, 0.2) is 30.5 Å². The highest BCUT2D eigenvalue weighted by Gasteiger charge is 2.76. The molecule has 272 valence electrons. The lowest BCUT2D eigenvalue weighted by Gasteiger charge is -2.48. The highest BCUT2D eigenvalue weighted by molar-refractivity contribution is 5.94. The maximum Gasteiger partial charge on any atom is 0.327 e. The van der Waals surface area contributed by atoms with E-state index in [1.807, 2.05) is 24.3 Å². The van der Waals surface area contributed by atoms with Crippen molar-refractivity contribution in [3.05, 3.63) is 41.7 Å². The molecule has 4 N–H and O–H groups in total. The zero-order valence-electron chi connectivity index (χ0n) is 28.8. The molecule has 4 fully saturated rings. The van der Waals surface area contributed by atoms with Gasteiger partial charge in [0.25, 0.3) is 0 Å². The molecule has 6 atom stereocenters. The monoisotopic (exact) mass is 687 g/mol. The van der Waals surface area contributed by atoms with E-state index in [0.717, 1.165) is 49.7 Å². The Balaban J connectivity index is 1.46. The minimum atomic E-state index is -1.36. The summed E-state index contributed by atoms with van der Waals surface area (Å²) in [6, 6.07) is 6.52. The first kappa shape index (κ1) is 37.2. The van der Waals surface area contributed by atoms with Crippen molar-refractivity contribution >= 4 is 23.9 Å². The van der Waals surface area contributed by atoms with Crippen LogP contribution in [-0.2, 0) is 44.7 Å². The summed E-state index contributed by atoms with van der Waals surface area (Å²) in [5.41, 5.74) is 0.284. The average Bonchev–Trinajstić information content (AvgIpc) is 3.65. The number of hydrogen-bond acceptors (Lipinski definition) is 11. The van der Waals surface area contributed by atoms with Gasteiger partial charge in [-0.1, -0.05) is 63.8 Å². The quantitative estimate of drug-likeness (QED) is 0.0905. The van der Waals surface area contributed by atoms with Gasteiger partial charge >= 0.3 is 5.97 Å². The molecular weight excluding hydrogens is 634 g/mol. The second-order valence-electron chi connectivity index (χ2n) is 13.4. The van der Waals surface area contributed by atoms with Gasteiger partial charge in [0.1, 0.15) is 36.4 Å². The Morgan fingerprint density at radius 3 is 2.45 bits per heavy atom. The maximum absolute atomic E-state index is 14.4. The fourth-order valence-electron chi connectivity index (χ4n) is 7.69. The number of carbonyl (C=O) groups excluding carboxylic acids is 3. The lowest BCUT2D eigenvalue weighted by molar-refractivity contribution is -0.224. The van der Waals surface area contributed by atoms with Crippen LogP contribution in [0.5, 0.6) is 0 Å². The number of amides is 2. The molecule has 1 saturated carbocycles. The first-order valence-corrected chi connectivity index (χ1v) is 17.9. The largest absolute Gasteiger partial charge is 0.499 e. The number of ether oxygens (including phenoxy) is 4. The molecule has 2 amide bonds. The molecule has 4 aliphatic rings. The predicted octanol–water partition coefficient (Wildman–Crippen LogP) is 2.72.